The number of carbonyl (C=O) groups excluding carboxylic acids is 1. The van der Waals surface area contributed by atoms with Crippen LogP contribution in [0, 0.1) is 0 Å². The summed E-state index contributed by atoms with van der Waals surface area (Å²) in [5.74, 6) is -0.961. The van der Waals surface area contributed by atoms with Crippen LogP contribution in [-0.4, -0.2) is 22.7 Å². The van der Waals surface area contributed by atoms with Gasteiger partial charge >= 0.3 is 12.1 Å². The third kappa shape index (κ3) is 6.64. The minimum atomic E-state index is -1.62. The van der Waals surface area contributed by atoms with Crippen LogP contribution in [0.4, 0.5) is 4.79 Å². The topological polar surface area (TPSA) is 95.1 Å². The normalized spacial score (nSPS) is 6.67. The van der Waals surface area contributed by atoms with E-state index < -0.39 is 12.1 Å². The maximum atomic E-state index is 9.90. The second kappa shape index (κ2) is 4.79. The molecular weight excluding hydrogens is 128 g/mol. The van der Waals surface area contributed by atoms with Crippen molar-refractivity contribution < 1.29 is 24.9 Å². The van der Waals surface area contributed by atoms with Crippen LogP contribution < -0.4 is 0 Å². The molecular formula is C4H6O5. The molecule has 0 aliphatic rings. The van der Waals surface area contributed by atoms with Gasteiger partial charge in [-0.05, 0) is 0 Å². The molecule has 5 nitrogen and oxygen atoms in total. The van der Waals surface area contributed by atoms with Gasteiger partial charge in [0.15, 0.2) is 0 Å². The molecule has 0 rings (SSSR count). The zero-order valence-electron chi connectivity index (χ0n) is 4.46. The highest BCUT2D eigenvalue weighted by Crippen LogP contribution is 1.77. The zero-order chi connectivity index (χ0) is 6.57. The Morgan fingerprint density at radius 3 is 2.11 bits per heavy atom. The van der Waals surface area contributed by atoms with Crippen molar-refractivity contribution in [3.05, 3.63) is 12.7 Å². The van der Waals surface area contributed by atoms with Crippen LogP contribution in [0.2, 0.25) is 0 Å². The minimum absolute atomic E-state index is 0. The summed E-state index contributed by atoms with van der Waals surface area (Å²) in [6, 6.07) is 0. The molecule has 52 valence electrons. The summed E-state index contributed by atoms with van der Waals surface area (Å²) < 4.78 is 3.56. The van der Waals surface area contributed by atoms with Gasteiger partial charge in [-0.1, -0.05) is 6.58 Å². The van der Waals surface area contributed by atoms with Crippen LogP contribution in [0.1, 0.15) is 0 Å². The van der Waals surface area contributed by atoms with Gasteiger partial charge in [0.25, 0.3) is 0 Å². The first kappa shape index (κ1) is 10.6. The van der Waals surface area contributed by atoms with Gasteiger partial charge in [-0.2, -0.15) is 0 Å². The predicted octanol–water partition coefficient (Wildman–Crippen LogP) is -0.431. The van der Waals surface area contributed by atoms with Crippen LogP contribution in [0.25, 0.3) is 0 Å². The van der Waals surface area contributed by atoms with Crippen molar-refractivity contribution in [2.75, 3.05) is 0 Å². The van der Waals surface area contributed by atoms with Crippen LogP contribution in [0.3, 0.4) is 0 Å². The molecule has 3 N–H and O–H groups in total. The van der Waals surface area contributed by atoms with E-state index in [9.17, 15) is 9.59 Å². The molecule has 0 saturated carbocycles. The van der Waals surface area contributed by atoms with Crippen LogP contribution in [0.5, 0.6) is 0 Å². The molecule has 5 heteroatoms. The molecule has 0 bridgehead atoms. The van der Waals surface area contributed by atoms with E-state index in [0.29, 0.717) is 0 Å². The van der Waals surface area contributed by atoms with Gasteiger partial charge in [0.1, 0.15) is 0 Å². The fourth-order valence-corrected chi connectivity index (χ4v) is 0.128. The third-order valence-corrected chi connectivity index (χ3v) is 0.355. The van der Waals surface area contributed by atoms with Crippen molar-refractivity contribution in [2.45, 2.75) is 0 Å². The average Bonchev–Trinajstić information content (AvgIpc) is 1.65. The number of esters is 1. The Morgan fingerprint density at radius 1 is 1.56 bits per heavy atom. The first-order valence-corrected chi connectivity index (χ1v) is 1.74. The molecule has 0 atom stereocenters. The van der Waals surface area contributed by atoms with E-state index in [0.717, 1.165) is 6.08 Å². The van der Waals surface area contributed by atoms with E-state index in [2.05, 4.69) is 11.3 Å². The molecule has 0 aliphatic carbocycles. The number of ether oxygens (including phenoxy) is 1. The van der Waals surface area contributed by atoms with Crippen molar-refractivity contribution >= 4 is 12.1 Å². The lowest BCUT2D eigenvalue weighted by Gasteiger charge is -1.87. The van der Waals surface area contributed by atoms with E-state index in [-0.39, 0.29) is 5.48 Å². The van der Waals surface area contributed by atoms with E-state index >= 15 is 0 Å². The highest BCUT2D eigenvalue weighted by Gasteiger charge is 2.00. The molecule has 0 saturated heterocycles. The third-order valence-electron chi connectivity index (χ3n) is 0.355. The van der Waals surface area contributed by atoms with Gasteiger partial charge in [-0.15, -0.1) is 0 Å². The van der Waals surface area contributed by atoms with Crippen molar-refractivity contribution in [1.29, 1.82) is 0 Å². The summed E-state index contributed by atoms with van der Waals surface area (Å²) in [5, 5.41) is 7.72. The van der Waals surface area contributed by atoms with Crippen molar-refractivity contribution in [3.63, 3.8) is 0 Å². The Labute approximate surface area is 50.9 Å². The van der Waals surface area contributed by atoms with Gasteiger partial charge in [0.05, 0.1) is 0 Å². The Morgan fingerprint density at radius 2 is 2.00 bits per heavy atom. The zero-order valence-corrected chi connectivity index (χ0v) is 4.46. The van der Waals surface area contributed by atoms with E-state index in [1.165, 1.54) is 0 Å². The monoisotopic (exact) mass is 134 g/mol. The summed E-state index contributed by atoms with van der Waals surface area (Å²) in [6.07, 6.45) is -0.844. The average molecular weight is 134 g/mol. The maximum Gasteiger partial charge on any atom is 0.513 e. The van der Waals surface area contributed by atoms with E-state index in [1.54, 1.807) is 0 Å². The van der Waals surface area contributed by atoms with Gasteiger partial charge < -0.3 is 15.3 Å². The number of carboxylic acid groups (broad SMARTS) is 1. The van der Waals surface area contributed by atoms with Crippen LogP contribution in [0.15, 0.2) is 12.7 Å². The highest BCUT2D eigenvalue weighted by atomic mass is 16.7. The first-order chi connectivity index (χ1) is 3.66. The molecule has 0 aromatic heterocycles. The lowest BCUT2D eigenvalue weighted by Crippen LogP contribution is -2.05. The molecule has 0 radical (unpaired) electrons. The van der Waals surface area contributed by atoms with Crippen molar-refractivity contribution in [2.24, 2.45) is 0 Å². The molecule has 0 heterocycles. The molecule has 0 fully saturated rings. The maximum absolute atomic E-state index is 9.90. The van der Waals surface area contributed by atoms with Gasteiger partial charge in [-0.25, -0.2) is 9.59 Å². The number of rotatable bonds is 1. The Kier molecular flexibility index (Phi) is 5.64. The van der Waals surface area contributed by atoms with Crippen molar-refractivity contribution in [1.82, 2.24) is 0 Å². The molecule has 0 unspecified atom stereocenters. The SMILES string of the molecule is C=CC(=O)OC(=O)O.O. The summed E-state index contributed by atoms with van der Waals surface area (Å²) in [7, 11) is 0. The van der Waals surface area contributed by atoms with Crippen molar-refractivity contribution in [3.8, 4) is 0 Å². The molecule has 0 aliphatic heterocycles. The number of carbonyl (C=O) groups is 2. The summed E-state index contributed by atoms with van der Waals surface area (Å²) >= 11 is 0. The Bertz CT molecular complexity index is 127. The van der Waals surface area contributed by atoms with Crippen LogP contribution in [-0.2, 0) is 9.53 Å². The highest BCUT2D eigenvalue weighted by molar-refractivity contribution is 5.88. The molecule has 0 spiro atoms. The second-order valence-electron chi connectivity index (χ2n) is 0.891. The summed E-state index contributed by atoms with van der Waals surface area (Å²) in [4.78, 5) is 19.4. The smallest absolute Gasteiger partial charge is 0.449 e. The van der Waals surface area contributed by atoms with E-state index in [4.69, 9.17) is 5.11 Å². The lowest BCUT2D eigenvalue weighted by molar-refractivity contribution is -0.133. The lowest BCUT2D eigenvalue weighted by atomic mass is 10.7. The van der Waals surface area contributed by atoms with Gasteiger partial charge in [0, 0.05) is 6.08 Å². The number of hydrogen-bond acceptors (Lipinski definition) is 3. The quantitative estimate of drug-likeness (QED) is 0.299. The first-order valence-electron chi connectivity index (χ1n) is 1.74. The molecule has 0 aromatic rings. The summed E-state index contributed by atoms with van der Waals surface area (Å²) in [5.41, 5.74) is 0. The van der Waals surface area contributed by atoms with E-state index in [1.807, 2.05) is 0 Å². The molecule has 0 amide bonds. The Hall–Kier alpha value is -1.36. The summed E-state index contributed by atoms with van der Waals surface area (Å²) in [6.45, 7) is 2.98. The van der Waals surface area contributed by atoms with Crippen LogP contribution >= 0.6 is 0 Å². The number of hydrogen-bond donors (Lipinski definition) is 1. The largest absolute Gasteiger partial charge is 0.513 e. The molecule has 9 heavy (non-hydrogen) atoms. The Balaban J connectivity index is 0. The predicted molar refractivity (Wildman–Crippen MR) is 27.9 cm³/mol. The fourth-order valence-electron chi connectivity index (χ4n) is 0.128. The fraction of sp³-hybridized carbons (Fsp3) is 0. The van der Waals surface area contributed by atoms with Gasteiger partial charge in [0.2, 0.25) is 0 Å². The van der Waals surface area contributed by atoms with Gasteiger partial charge in [-0.3, -0.25) is 0 Å². The second-order valence-corrected chi connectivity index (χ2v) is 0.891. The standard InChI is InChI=1S/C4H4O4.H2O/c1-2-3(5)8-4(6)7;/h2H,1H2,(H,6,7);1H2. The molecule has 0 aromatic carbocycles. The minimum Gasteiger partial charge on any atom is -0.449 e.